The van der Waals surface area contributed by atoms with E-state index in [0.717, 1.165) is 33.4 Å². The number of hydrogen-bond acceptors (Lipinski definition) is 6. The summed E-state index contributed by atoms with van der Waals surface area (Å²) in [5.41, 5.74) is 4.68. The Morgan fingerprint density at radius 2 is 0.939 bits per heavy atom. The van der Waals surface area contributed by atoms with Gasteiger partial charge in [-0.2, -0.15) is 0 Å². The lowest BCUT2D eigenvalue weighted by Gasteiger charge is -2.55. The molecule has 0 atom stereocenters. The summed E-state index contributed by atoms with van der Waals surface area (Å²) < 4.78 is 0. The van der Waals surface area contributed by atoms with Crippen LogP contribution in [0.1, 0.15) is 39.3 Å². The molecule has 0 heterocycles. The smallest absolute Gasteiger partial charge is 0.258 e. The highest BCUT2D eigenvalue weighted by atomic mass is 28.3. The fourth-order valence-corrected chi connectivity index (χ4v) is 8.93. The summed E-state index contributed by atoms with van der Waals surface area (Å²) >= 11 is 0. The summed E-state index contributed by atoms with van der Waals surface area (Å²) in [5, 5.41) is 34.1. The monoisotopic (exact) mass is 461 g/mol. The summed E-state index contributed by atoms with van der Waals surface area (Å²) in [6.07, 6.45) is 0. The normalized spacial score (nSPS) is 19.9. The fraction of sp³-hybridized carbons (Fsp3) is 0.217. The predicted octanol–water partition coefficient (Wildman–Crippen LogP) is 5.43. The van der Waals surface area contributed by atoms with Gasteiger partial charge >= 0.3 is 0 Å². The van der Waals surface area contributed by atoms with E-state index in [1.165, 1.54) is 18.2 Å². The fourth-order valence-electron chi connectivity index (χ4n) is 5.85. The number of nitro groups is 3. The molecule has 166 valence electrons. The maximum absolute atomic E-state index is 11.7. The molecule has 0 saturated heterocycles. The molecule has 3 aliphatic rings. The van der Waals surface area contributed by atoms with E-state index in [0.29, 0.717) is 0 Å². The van der Waals surface area contributed by atoms with Crippen LogP contribution in [-0.4, -0.2) is 22.8 Å². The van der Waals surface area contributed by atoms with Crippen LogP contribution in [0.5, 0.6) is 0 Å². The number of rotatable bonds is 4. The molecule has 6 rings (SSSR count). The van der Waals surface area contributed by atoms with E-state index in [-0.39, 0.29) is 23.0 Å². The van der Waals surface area contributed by atoms with E-state index in [9.17, 15) is 30.3 Å². The summed E-state index contributed by atoms with van der Waals surface area (Å²) in [6.45, 7) is 6.27. The van der Waals surface area contributed by atoms with Crippen LogP contribution in [0.2, 0.25) is 19.6 Å². The van der Waals surface area contributed by atoms with Gasteiger partial charge in [0.2, 0.25) is 0 Å². The minimum absolute atomic E-state index is 0.0714. The van der Waals surface area contributed by atoms with Crippen molar-refractivity contribution in [2.75, 3.05) is 0 Å². The Morgan fingerprint density at radius 3 is 1.18 bits per heavy atom. The lowest BCUT2D eigenvalue weighted by molar-refractivity contribution is -0.385. The molecule has 0 amide bonds. The second-order valence-electron chi connectivity index (χ2n) is 9.52. The van der Waals surface area contributed by atoms with Crippen molar-refractivity contribution in [1.82, 2.24) is 0 Å². The van der Waals surface area contributed by atoms with Crippen molar-refractivity contribution < 1.29 is 14.8 Å². The van der Waals surface area contributed by atoms with Crippen molar-refractivity contribution in [1.29, 1.82) is 0 Å². The van der Waals surface area contributed by atoms with E-state index in [4.69, 9.17) is 0 Å². The number of hydrogen-bond donors (Lipinski definition) is 0. The minimum Gasteiger partial charge on any atom is -0.258 e. The van der Waals surface area contributed by atoms with Crippen LogP contribution >= 0.6 is 0 Å². The minimum atomic E-state index is -2.46. The summed E-state index contributed by atoms with van der Waals surface area (Å²) in [5.74, 6) is -0.314. The molecule has 3 aromatic rings. The molecule has 2 bridgehead atoms. The van der Waals surface area contributed by atoms with Crippen LogP contribution in [0.15, 0.2) is 54.6 Å². The Kier molecular flexibility index (Phi) is 4.16. The molecule has 0 spiro atoms. The molecule has 0 N–H and O–H groups in total. The third-order valence-electron chi connectivity index (χ3n) is 7.01. The molecule has 0 saturated carbocycles. The molecule has 33 heavy (non-hydrogen) atoms. The maximum atomic E-state index is 11.7. The number of benzene rings is 3. The highest BCUT2D eigenvalue weighted by molar-refractivity contribution is 6.80. The zero-order chi connectivity index (χ0) is 23.9. The maximum Gasteiger partial charge on any atom is 0.269 e. The first-order chi connectivity index (χ1) is 15.5. The van der Waals surface area contributed by atoms with Gasteiger partial charge in [0.05, 0.1) is 22.8 Å². The van der Waals surface area contributed by atoms with Crippen LogP contribution in [-0.2, 0) is 5.04 Å². The van der Waals surface area contributed by atoms with Crippen molar-refractivity contribution in [3.8, 4) is 0 Å². The lowest BCUT2D eigenvalue weighted by atomic mass is 9.60. The summed E-state index contributed by atoms with van der Waals surface area (Å²) in [4.78, 5) is 33.6. The quantitative estimate of drug-likeness (QED) is 0.289. The molecule has 3 aliphatic carbocycles. The van der Waals surface area contributed by atoms with Crippen LogP contribution in [0.3, 0.4) is 0 Å². The third-order valence-corrected chi connectivity index (χ3v) is 10.1. The Hall–Kier alpha value is -3.92. The highest BCUT2D eigenvalue weighted by Crippen LogP contribution is 2.63. The van der Waals surface area contributed by atoms with Crippen molar-refractivity contribution >= 4 is 25.1 Å². The summed E-state index contributed by atoms with van der Waals surface area (Å²) in [7, 11) is -2.46. The van der Waals surface area contributed by atoms with Crippen molar-refractivity contribution in [3.63, 3.8) is 0 Å². The third kappa shape index (κ3) is 2.58. The first-order valence-electron chi connectivity index (χ1n) is 10.3. The summed E-state index contributed by atoms with van der Waals surface area (Å²) in [6, 6.07) is 14.4. The number of nitrogens with zero attached hydrogens (tertiary/aromatic N) is 3. The van der Waals surface area contributed by atoms with E-state index >= 15 is 0 Å². The molecule has 9 nitrogen and oxygen atoms in total. The average Bonchev–Trinajstić information content (AvgIpc) is 2.76. The largest absolute Gasteiger partial charge is 0.269 e. The van der Waals surface area contributed by atoms with Crippen LogP contribution < -0.4 is 0 Å². The van der Waals surface area contributed by atoms with Gasteiger partial charge in [0.15, 0.2) is 0 Å². The topological polar surface area (TPSA) is 129 Å². The van der Waals surface area contributed by atoms with E-state index in [1.807, 2.05) is 0 Å². The predicted molar refractivity (Wildman–Crippen MR) is 123 cm³/mol. The zero-order valence-electron chi connectivity index (χ0n) is 18.1. The van der Waals surface area contributed by atoms with E-state index in [1.54, 1.807) is 36.4 Å². The second-order valence-corrected chi connectivity index (χ2v) is 14.8. The molecule has 0 unspecified atom stereocenters. The van der Waals surface area contributed by atoms with Crippen molar-refractivity contribution in [2.24, 2.45) is 0 Å². The molecule has 10 heteroatoms. The first kappa shape index (κ1) is 21.0. The van der Waals surface area contributed by atoms with Gasteiger partial charge in [-0.3, -0.25) is 30.3 Å². The van der Waals surface area contributed by atoms with Crippen LogP contribution in [0.25, 0.3) is 0 Å². The van der Waals surface area contributed by atoms with Gasteiger partial charge in [-0.1, -0.05) is 37.8 Å². The van der Waals surface area contributed by atoms with E-state index in [2.05, 4.69) is 19.6 Å². The Morgan fingerprint density at radius 1 is 0.636 bits per heavy atom. The van der Waals surface area contributed by atoms with Gasteiger partial charge < -0.3 is 0 Å². The Balaban J connectivity index is 2.00. The Labute approximate surface area is 189 Å². The molecular weight excluding hydrogens is 442 g/mol. The molecule has 0 aromatic heterocycles. The number of non-ortho nitro benzene ring substituents is 3. The molecule has 3 aromatic carbocycles. The van der Waals surface area contributed by atoms with Gasteiger partial charge in [0.25, 0.3) is 17.1 Å². The van der Waals surface area contributed by atoms with Crippen LogP contribution in [0, 0.1) is 30.3 Å². The molecule has 0 fully saturated rings. The Bertz CT molecular complexity index is 1250. The molecular formula is C23H19N3O6Si. The van der Waals surface area contributed by atoms with Gasteiger partial charge in [0.1, 0.15) is 0 Å². The van der Waals surface area contributed by atoms with Gasteiger partial charge in [-0.05, 0) is 33.4 Å². The van der Waals surface area contributed by atoms with Gasteiger partial charge in [0, 0.05) is 47.4 Å². The van der Waals surface area contributed by atoms with Gasteiger partial charge in [-0.15, -0.1) is 0 Å². The lowest BCUT2D eigenvalue weighted by Crippen LogP contribution is -2.57. The zero-order valence-corrected chi connectivity index (χ0v) is 19.1. The van der Waals surface area contributed by atoms with Crippen LogP contribution in [0.4, 0.5) is 17.1 Å². The SMILES string of the molecule is C[Si](C)(C)C12c3cc([N+](=O)[O-])ccc3C(c3ccc([N+](=O)[O-])cc31)c1ccc([N+](=O)[O-])cc12. The van der Waals surface area contributed by atoms with Crippen molar-refractivity contribution in [3.05, 3.63) is 118 Å². The molecule has 0 radical (unpaired) electrons. The van der Waals surface area contributed by atoms with Crippen molar-refractivity contribution in [2.45, 2.75) is 30.6 Å². The van der Waals surface area contributed by atoms with E-state index < -0.39 is 27.9 Å². The highest BCUT2D eigenvalue weighted by Gasteiger charge is 2.59. The second kappa shape index (κ2) is 6.55. The molecule has 0 aliphatic heterocycles. The van der Waals surface area contributed by atoms with Gasteiger partial charge in [-0.25, -0.2) is 0 Å². The number of nitro benzene ring substituents is 3. The first-order valence-corrected chi connectivity index (χ1v) is 13.8. The standard InChI is InChI=1S/C23H19N3O6Si/c1-33(2,3)23-19-10-13(24(27)28)4-7-16(19)22(17-8-5-14(25(29)30)11-20(17)23)18-9-6-15(26(31)32)12-21(18)23/h4-12,22H,1-3H3. The average molecular weight is 462 g/mol.